The van der Waals surface area contributed by atoms with Gasteiger partial charge in [0.05, 0.1) is 0 Å². The molecule has 0 aliphatic rings. The molecular formula is C16H23NOS. The minimum atomic E-state index is 0.327. The number of thiophene rings is 1. The molecule has 0 bridgehead atoms. The Labute approximate surface area is 119 Å². The number of furan rings is 1. The molecule has 2 aromatic rings. The zero-order valence-corrected chi connectivity index (χ0v) is 13.2. The third-order valence-corrected chi connectivity index (χ3v) is 4.41. The fraction of sp³-hybridized carbons (Fsp3) is 0.500. The lowest BCUT2D eigenvalue weighted by atomic mass is 10.1. The van der Waals surface area contributed by atoms with Crippen LogP contribution >= 0.6 is 11.3 Å². The predicted molar refractivity (Wildman–Crippen MR) is 82.0 cm³/mol. The van der Waals surface area contributed by atoms with E-state index in [9.17, 15) is 0 Å². The molecule has 19 heavy (non-hydrogen) atoms. The summed E-state index contributed by atoms with van der Waals surface area (Å²) in [5.41, 5.74) is 1.27. The molecule has 3 heteroatoms. The smallest absolute Gasteiger partial charge is 0.105 e. The van der Waals surface area contributed by atoms with Gasteiger partial charge in [0.25, 0.3) is 0 Å². The lowest BCUT2D eigenvalue weighted by molar-refractivity contribution is 0.460. The molecular weight excluding hydrogens is 254 g/mol. The van der Waals surface area contributed by atoms with Gasteiger partial charge in [0.2, 0.25) is 0 Å². The van der Waals surface area contributed by atoms with Crippen molar-refractivity contribution in [1.82, 2.24) is 5.32 Å². The van der Waals surface area contributed by atoms with Crippen LogP contribution in [-0.2, 0) is 6.42 Å². The molecule has 2 unspecified atom stereocenters. The maximum atomic E-state index is 5.60. The van der Waals surface area contributed by atoms with Crippen molar-refractivity contribution in [3.8, 4) is 0 Å². The molecule has 0 fully saturated rings. The van der Waals surface area contributed by atoms with Crippen LogP contribution < -0.4 is 5.32 Å². The van der Waals surface area contributed by atoms with Gasteiger partial charge in [-0.15, -0.1) is 11.3 Å². The molecule has 0 aliphatic heterocycles. The Kier molecular flexibility index (Phi) is 4.48. The van der Waals surface area contributed by atoms with Gasteiger partial charge in [-0.25, -0.2) is 0 Å². The van der Waals surface area contributed by atoms with Crippen LogP contribution in [-0.4, -0.2) is 6.04 Å². The van der Waals surface area contributed by atoms with Gasteiger partial charge in [-0.2, -0.15) is 0 Å². The van der Waals surface area contributed by atoms with Crippen LogP contribution in [0.15, 0.2) is 22.6 Å². The zero-order chi connectivity index (χ0) is 14.0. The zero-order valence-electron chi connectivity index (χ0n) is 12.4. The quantitative estimate of drug-likeness (QED) is 0.867. The monoisotopic (exact) mass is 277 g/mol. The molecule has 2 atom stereocenters. The van der Waals surface area contributed by atoms with Crippen molar-refractivity contribution in [1.29, 1.82) is 0 Å². The number of hydrogen-bond donors (Lipinski definition) is 1. The summed E-state index contributed by atoms with van der Waals surface area (Å²) in [5, 5.41) is 3.65. The Morgan fingerprint density at radius 3 is 2.47 bits per heavy atom. The average molecular weight is 277 g/mol. The second kappa shape index (κ2) is 5.93. The molecule has 2 aromatic heterocycles. The van der Waals surface area contributed by atoms with Crippen LogP contribution in [0.2, 0.25) is 0 Å². The van der Waals surface area contributed by atoms with E-state index in [1.54, 1.807) is 0 Å². The Morgan fingerprint density at radius 2 is 1.95 bits per heavy atom. The number of hydrogen-bond acceptors (Lipinski definition) is 3. The first-order chi connectivity index (χ1) is 8.95. The summed E-state index contributed by atoms with van der Waals surface area (Å²) in [4.78, 5) is 2.83. The van der Waals surface area contributed by atoms with Crippen LogP contribution in [0.5, 0.6) is 0 Å². The molecule has 0 saturated heterocycles. The highest BCUT2D eigenvalue weighted by atomic mass is 32.1. The van der Waals surface area contributed by atoms with Crippen molar-refractivity contribution in [3.63, 3.8) is 0 Å². The molecule has 2 rings (SSSR count). The minimum Gasteiger partial charge on any atom is -0.466 e. The largest absolute Gasteiger partial charge is 0.466 e. The Morgan fingerprint density at radius 1 is 1.21 bits per heavy atom. The van der Waals surface area contributed by atoms with Gasteiger partial charge in [0, 0.05) is 27.4 Å². The lowest BCUT2D eigenvalue weighted by Crippen LogP contribution is -2.30. The van der Waals surface area contributed by atoms with Crippen molar-refractivity contribution >= 4 is 11.3 Å². The average Bonchev–Trinajstić information content (AvgIpc) is 2.84. The maximum Gasteiger partial charge on any atom is 0.105 e. The first kappa shape index (κ1) is 14.4. The summed E-state index contributed by atoms with van der Waals surface area (Å²) < 4.78 is 5.60. The van der Waals surface area contributed by atoms with E-state index in [0.29, 0.717) is 12.1 Å². The van der Waals surface area contributed by atoms with Crippen LogP contribution in [0, 0.1) is 20.8 Å². The Balaban J connectivity index is 1.95. The van der Waals surface area contributed by atoms with Gasteiger partial charge in [-0.05, 0) is 59.2 Å². The van der Waals surface area contributed by atoms with Crippen molar-refractivity contribution < 1.29 is 4.42 Å². The van der Waals surface area contributed by atoms with Crippen molar-refractivity contribution in [3.05, 3.63) is 45.0 Å². The highest BCUT2D eigenvalue weighted by molar-refractivity contribution is 7.11. The SMILES string of the molecule is Cc1cc(C(C)NC(C)Cc2ccc(C)s2)c(C)o1. The highest BCUT2D eigenvalue weighted by Gasteiger charge is 2.15. The third-order valence-electron chi connectivity index (χ3n) is 3.38. The third kappa shape index (κ3) is 3.71. The first-order valence-electron chi connectivity index (χ1n) is 6.84. The van der Waals surface area contributed by atoms with E-state index in [1.807, 2.05) is 25.2 Å². The second-order valence-electron chi connectivity index (χ2n) is 5.37. The van der Waals surface area contributed by atoms with Crippen molar-refractivity contribution in [2.24, 2.45) is 0 Å². The lowest BCUT2D eigenvalue weighted by Gasteiger charge is -2.19. The molecule has 0 amide bonds. The van der Waals surface area contributed by atoms with Crippen molar-refractivity contribution in [2.75, 3.05) is 0 Å². The van der Waals surface area contributed by atoms with Gasteiger partial charge >= 0.3 is 0 Å². The summed E-state index contributed by atoms with van der Waals surface area (Å²) in [6, 6.07) is 7.35. The molecule has 2 nitrogen and oxygen atoms in total. The Bertz CT molecular complexity index is 541. The molecule has 2 heterocycles. The van der Waals surface area contributed by atoms with Gasteiger partial charge in [0.1, 0.15) is 11.5 Å². The summed E-state index contributed by atoms with van der Waals surface area (Å²) >= 11 is 1.89. The van der Waals surface area contributed by atoms with Crippen LogP contribution in [0.1, 0.15) is 46.7 Å². The topological polar surface area (TPSA) is 25.2 Å². The fourth-order valence-corrected chi connectivity index (χ4v) is 3.57. The van der Waals surface area contributed by atoms with Crippen molar-refractivity contribution in [2.45, 2.75) is 53.1 Å². The number of aryl methyl sites for hydroxylation is 3. The van der Waals surface area contributed by atoms with E-state index in [4.69, 9.17) is 4.42 Å². The molecule has 0 spiro atoms. The van der Waals surface area contributed by atoms with Gasteiger partial charge in [-0.3, -0.25) is 0 Å². The second-order valence-corrected chi connectivity index (χ2v) is 6.75. The van der Waals surface area contributed by atoms with E-state index in [2.05, 4.69) is 44.3 Å². The van der Waals surface area contributed by atoms with E-state index in [1.165, 1.54) is 15.3 Å². The molecule has 1 N–H and O–H groups in total. The van der Waals surface area contributed by atoms with E-state index < -0.39 is 0 Å². The maximum absolute atomic E-state index is 5.60. The van der Waals surface area contributed by atoms with Crippen LogP contribution in [0.3, 0.4) is 0 Å². The molecule has 0 aromatic carbocycles. The van der Waals surface area contributed by atoms with Gasteiger partial charge < -0.3 is 9.73 Å². The molecule has 104 valence electrons. The fourth-order valence-electron chi connectivity index (χ4n) is 2.55. The molecule has 0 radical (unpaired) electrons. The summed E-state index contributed by atoms with van der Waals surface area (Å²) in [7, 11) is 0. The summed E-state index contributed by atoms with van der Waals surface area (Å²) in [5.74, 6) is 2.01. The summed E-state index contributed by atoms with van der Waals surface area (Å²) in [6.45, 7) is 10.6. The first-order valence-corrected chi connectivity index (χ1v) is 7.65. The van der Waals surface area contributed by atoms with E-state index in [-0.39, 0.29) is 0 Å². The summed E-state index contributed by atoms with van der Waals surface area (Å²) in [6.07, 6.45) is 1.08. The van der Waals surface area contributed by atoms with E-state index >= 15 is 0 Å². The van der Waals surface area contributed by atoms with Crippen LogP contribution in [0.25, 0.3) is 0 Å². The number of rotatable bonds is 5. The number of nitrogens with one attached hydrogen (secondary N) is 1. The predicted octanol–water partition coefficient (Wildman–Crippen LogP) is 4.55. The van der Waals surface area contributed by atoms with Gasteiger partial charge in [-0.1, -0.05) is 0 Å². The minimum absolute atomic E-state index is 0.327. The molecule has 0 aliphatic carbocycles. The van der Waals surface area contributed by atoms with E-state index in [0.717, 1.165) is 17.9 Å². The highest BCUT2D eigenvalue weighted by Crippen LogP contribution is 2.23. The Hall–Kier alpha value is -1.06. The standard InChI is InChI=1S/C16H23NOS/c1-10(8-15-7-6-12(3)19-15)17-13(4)16-9-11(2)18-14(16)5/h6-7,9-10,13,17H,8H2,1-5H3. The van der Waals surface area contributed by atoms with Gasteiger partial charge in [0.15, 0.2) is 0 Å². The molecule has 0 saturated carbocycles. The normalized spacial score (nSPS) is 14.6. The van der Waals surface area contributed by atoms with Crippen LogP contribution in [0.4, 0.5) is 0 Å².